The highest BCUT2D eigenvalue weighted by molar-refractivity contribution is 8.19. The molecule has 0 atom stereocenters. The number of amidine groups is 1. The number of amides is 1. The second kappa shape index (κ2) is 11.7. The van der Waals surface area contributed by atoms with Crippen LogP contribution in [0, 0.1) is 10.1 Å². The van der Waals surface area contributed by atoms with Gasteiger partial charge in [0.25, 0.3) is 11.6 Å². The number of benzene rings is 4. The molecule has 0 unspecified atom stereocenters. The molecular formula is C29H19Cl2N3O4S. The Morgan fingerprint density at radius 2 is 1.59 bits per heavy atom. The van der Waals surface area contributed by atoms with Crippen molar-refractivity contribution in [1.82, 2.24) is 0 Å². The minimum absolute atomic E-state index is 0.0257. The number of nitro groups is 1. The van der Waals surface area contributed by atoms with Gasteiger partial charge in [-0.3, -0.25) is 19.8 Å². The van der Waals surface area contributed by atoms with Gasteiger partial charge in [-0.25, -0.2) is 4.99 Å². The summed E-state index contributed by atoms with van der Waals surface area (Å²) in [5.41, 5.74) is 2.91. The van der Waals surface area contributed by atoms with E-state index in [1.54, 1.807) is 71.6 Å². The molecule has 1 heterocycles. The van der Waals surface area contributed by atoms with Crippen LogP contribution in [0.5, 0.6) is 5.75 Å². The van der Waals surface area contributed by atoms with Gasteiger partial charge in [-0.2, -0.15) is 0 Å². The van der Waals surface area contributed by atoms with Crippen molar-refractivity contribution in [3.05, 3.63) is 133 Å². The number of carbonyl (C=O) groups excluding carboxylic acids is 1. The molecular weight excluding hydrogens is 557 g/mol. The van der Waals surface area contributed by atoms with E-state index >= 15 is 0 Å². The summed E-state index contributed by atoms with van der Waals surface area (Å²) in [7, 11) is 0. The van der Waals surface area contributed by atoms with Crippen molar-refractivity contribution in [2.45, 2.75) is 6.61 Å². The average molecular weight is 576 g/mol. The molecule has 1 amide bonds. The summed E-state index contributed by atoms with van der Waals surface area (Å²) in [4.78, 5) is 30.7. The smallest absolute Gasteiger partial charge is 0.271 e. The van der Waals surface area contributed by atoms with E-state index in [0.717, 1.165) is 11.1 Å². The van der Waals surface area contributed by atoms with Crippen LogP contribution in [0.15, 0.2) is 107 Å². The second-order valence-electron chi connectivity index (χ2n) is 8.38. The summed E-state index contributed by atoms with van der Waals surface area (Å²) in [6.07, 6.45) is 1.79. The monoisotopic (exact) mass is 575 g/mol. The molecule has 7 nitrogen and oxygen atoms in total. The Bertz CT molecular complexity index is 1590. The third kappa shape index (κ3) is 6.49. The number of carbonyl (C=O) groups is 1. The fraction of sp³-hybridized carbons (Fsp3) is 0.0345. The maximum absolute atomic E-state index is 13.5. The van der Waals surface area contributed by atoms with Crippen molar-refractivity contribution in [2.24, 2.45) is 4.99 Å². The zero-order valence-corrected chi connectivity index (χ0v) is 22.5. The van der Waals surface area contributed by atoms with Crippen molar-refractivity contribution >= 4 is 69.2 Å². The highest BCUT2D eigenvalue weighted by Gasteiger charge is 2.34. The molecule has 1 saturated heterocycles. The molecule has 0 aromatic heterocycles. The first kappa shape index (κ1) is 26.5. The van der Waals surface area contributed by atoms with Gasteiger partial charge in [-0.1, -0.05) is 35.3 Å². The third-order valence-electron chi connectivity index (χ3n) is 5.65. The highest BCUT2D eigenvalue weighted by Crippen LogP contribution is 2.38. The standard InChI is InChI=1S/C29H19Cl2N3O4S/c30-21-6-10-23(11-7-21)32-29-33(24-14-8-22(31)9-15-24)28(35)27(39-29)17-20-2-1-3-26(16-20)38-18-19-4-12-25(13-5-19)34(36)37/h1-17H,18H2/b27-17-,32-29?. The number of ether oxygens (including phenoxy) is 1. The third-order valence-corrected chi connectivity index (χ3v) is 7.12. The Labute approximate surface area is 238 Å². The van der Waals surface area contributed by atoms with E-state index in [-0.39, 0.29) is 18.2 Å². The maximum atomic E-state index is 13.5. The number of thioether (sulfide) groups is 1. The molecule has 10 heteroatoms. The van der Waals surface area contributed by atoms with Gasteiger partial charge in [0.1, 0.15) is 12.4 Å². The molecule has 0 radical (unpaired) electrons. The van der Waals surface area contributed by atoms with E-state index < -0.39 is 4.92 Å². The Kier molecular flexibility index (Phi) is 7.97. The first-order valence-corrected chi connectivity index (χ1v) is 13.2. The summed E-state index contributed by atoms with van der Waals surface area (Å²) in [6.45, 7) is 0.244. The van der Waals surface area contributed by atoms with Crippen molar-refractivity contribution in [3.63, 3.8) is 0 Å². The van der Waals surface area contributed by atoms with Crippen molar-refractivity contribution in [3.8, 4) is 5.75 Å². The van der Waals surface area contributed by atoms with Gasteiger partial charge < -0.3 is 4.74 Å². The number of non-ortho nitro benzene ring substituents is 1. The second-order valence-corrected chi connectivity index (χ2v) is 10.3. The lowest BCUT2D eigenvalue weighted by molar-refractivity contribution is -0.384. The lowest BCUT2D eigenvalue weighted by Gasteiger charge is -2.15. The number of halogens is 2. The Hall–Kier alpha value is -4.11. The van der Waals surface area contributed by atoms with E-state index in [1.807, 2.05) is 24.3 Å². The molecule has 0 saturated carbocycles. The molecule has 1 aliphatic rings. The zero-order chi connectivity index (χ0) is 27.4. The molecule has 0 N–H and O–H groups in total. The summed E-state index contributed by atoms with van der Waals surface area (Å²) in [6, 6.07) is 27.6. The predicted octanol–water partition coefficient (Wildman–Crippen LogP) is 8.29. The SMILES string of the molecule is O=C1/C(=C/c2cccc(OCc3ccc([N+](=O)[O-])cc3)c2)SC(=Nc2ccc(Cl)cc2)N1c1ccc(Cl)cc1. The lowest BCUT2D eigenvalue weighted by Crippen LogP contribution is -2.28. The van der Waals surface area contributed by atoms with Crippen LogP contribution < -0.4 is 9.64 Å². The molecule has 4 aromatic rings. The van der Waals surface area contributed by atoms with Crippen LogP contribution in [0.2, 0.25) is 10.0 Å². The normalized spacial score (nSPS) is 15.2. The lowest BCUT2D eigenvalue weighted by atomic mass is 10.2. The van der Waals surface area contributed by atoms with E-state index in [9.17, 15) is 14.9 Å². The summed E-state index contributed by atoms with van der Waals surface area (Å²) in [5, 5.41) is 12.5. The highest BCUT2D eigenvalue weighted by atomic mass is 35.5. The Balaban J connectivity index is 1.39. The largest absolute Gasteiger partial charge is 0.489 e. The topological polar surface area (TPSA) is 85.0 Å². The summed E-state index contributed by atoms with van der Waals surface area (Å²) < 4.78 is 5.89. The molecule has 0 aliphatic carbocycles. The minimum Gasteiger partial charge on any atom is -0.489 e. The molecule has 0 spiro atoms. The van der Waals surface area contributed by atoms with Crippen molar-refractivity contribution < 1.29 is 14.5 Å². The summed E-state index contributed by atoms with van der Waals surface area (Å²) >= 11 is 13.4. The minimum atomic E-state index is -0.441. The fourth-order valence-electron chi connectivity index (χ4n) is 3.72. The fourth-order valence-corrected chi connectivity index (χ4v) is 4.97. The van der Waals surface area contributed by atoms with Crippen molar-refractivity contribution in [2.75, 3.05) is 4.90 Å². The number of hydrogen-bond donors (Lipinski definition) is 0. The molecule has 39 heavy (non-hydrogen) atoms. The first-order chi connectivity index (χ1) is 18.9. The molecule has 1 fully saturated rings. The first-order valence-electron chi connectivity index (χ1n) is 11.7. The molecule has 1 aliphatic heterocycles. The van der Waals surface area contributed by atoms with Gasteiger partial charge in [0.05, 0.1) is 21.2 Å². The van der Waals surface area contributed by atoms with Gasteiger partial charge in [-0.05, 0) is 102 Å². The number of anilines is 1. The van der Waals surface area contributed by atoms with E-state index in [0.29, 0.717) is 37.2 Å². The van der Waals surface area contributed by atoms with E-state index in [2.05, 4.69) is 0 Å². The van der Waals surface area contributed by atoms with E-state index in [1.165, 1.54) is 23.9 Å². The van der Waals surface area contributed by atoms with Crippen LogP contribution >= 0.6 is 35.0 Å². The van der Waals surface area contributed by atoms with Crippen LogP contribution in [-0.4, -0.2) is 16.0 Å². The Morgan fingerprint density at radius 1 is 0.923 bits per heavy atom. The number of aliphatic imine (C=N–C) groups is 1. The number of rotatable bonds is 7. The number of hydrogen-bond acceptors (Lipinski definition) is 6. The molecule has 5 rings (SSSR count). The van der Waals surface area contributed by atoms with Crippen LogP contribution in [0.25, 0.3) is 6.08 Å². The van der Waals surface area contributed by atoms with Crippen LogP contribution in [0.4, 0.5) is 17.1 Å². The van der Waals surface area contributed by atoms with Crippen LogP contribution in [0.1, 0.15) is 11.1 Å². The van der Waals surface area contributed by atoms with Crippen molar-refractivity contribution in [1.29, 1.82) is 0 Å². The summed E-state index contributed by atoms with van der Waals surface area (Å²) in [5.74, 6) is 0.384. The van der Waals surface area contributed by atoms with Crippen LogP contribution in [0.3, 0.4) is 0 Å². The quantitative estimate of drug-likeness (QED) is 0.126. The number of nitrogens with zero attached hydrogens (tertiary/aromatic N) is 3. The van der Waals surface area contributed by atoms with Gasteiger partial charge in [-0.15, -0.1) is 0 Å². The van der Waals surface area contributed by atoms with Gasteiger partial charge in [0.15, 0.2) is 5.17 Å². The molecule has 194 valence electrons. The van der Waals surface area contributed by atoms with E-state index in [4.69, 9.17) is 32.9 Å². The molecule has 0 bridgehead atoms. The van der Waals surface area contributed by atoms with Gasteiger partial charge in [0, 0.05) is 22.2 Å². The van der Waals surface area contributed by atoms with Crippen LogP contribution in [-0.2, 0) is 11.4 Å². The maximum Gasteiger partial charge on any atom is 0.271 e. The number of nitro benzene ring substituents is 1. The zero-order valence-electron chi connectivity index (χ0n) is 20.2. The molecule has 4 aromatic carbocycles. The average Bonchev–Trinajstić information content (AvgIpc) is 3.23. The van der Waals surface area contributed by atoms with Gasteiger partial charge in [0.2, 0.25) is 0 Å². The van der Waals surface area contributed by atoms with Gasteiger partial charge >= 0.3 is 0 Å². The Morgan fingerprint density at radius 3 is 2.26 bits per heavy atom. The predicted molar refractivity (Wildman–Crippen MR) is 157 cm³/mol.